The van der Waals surface area contributed by atoms with Gasteiger partial charge in [0.05, 0.1) is 5.92 Å². The van der Waals surface area contributed by atoms with Gasteiger partial charge < -0.3 is 19.8 Å². The summed E-state index contributed by atoms with van der Waals surface area (Å²) in [6, 6.07) is 19.5. The molecule has 0 radical (unpaired) electrons. The fraction of sp³-hybridized carbons (Fsp3) is 0.100. The summed E-state index contributed by atoms with van der Waals surface area (Å²) in [5, 5.41) is 0. The average molecular weight is 348 g/mol. The summed E-state index contributed by atoms with van der Waals surface area (Å²) in [5.41, 5.74) is 6.90. The molecule has 130 valence electrons. The lowest BCUT2D eigenvalue weighted by atomic mass is 10.0. The van der Waals surface area contributed by atoms with E-state index in [4.69, 9.17) is 14.9 Å². The second-order valence-electron chi connectivity index (χ2n) is 5.96. The fourth-order valence-electron chi connectivity index (χ4n) is 3.07. The van der Waals surface area contributed by atoms with Crippen molar-refractivity contribution in [1.29, 1.82) is 0 Å². The number of nitrogens with two attached hydrogens (primary N) is 1. The second-order valence-corrected chi connectivity index (χ2v) is 5.96. The molecule has 0 aliphatic carbocycles. The molecule has 4 rings (SSSR count). The van der Waals surface area contributed by atoms with Crippen LogP contribution in [0.15, 0.2) is 71.1 Å². The van der Waals surface area contributed by atoms with Gasteiger partial charge in [-0.2, -0.15) is 0 Å². The molecule has 2 amide bonds. The molecule has 0 unspecified atom stereocenters. The first-order chi connectivity index (χ1) is 12.6. The van der Waals surface area contributed by atoms with Gasteiger partial charge in [-0.05, 0) is 29.8 Å². The lowest BCUT2D eigenvalue weighted by Gasteiger charge is -2.15. The Morgan fingerprint density at radius 2 is 1.73 bits per heavy atom. The van der Waals surface area contributed by atoms with Crippen LogP contribution in [0.25, 0.3) is 0 Å². The highest BCUT2D eigenvalue weighted by molar-refractivity contribution is 6.07. The second kappa shape index (κ2) is 6.40. The molecule has 0 bridgehead atoms. The number of ether oxygens (including phenoxy) is 1. The van der Waals surface area contributed by atoms with Crippen LogP contribution >= 0.6 is 0 Å². The molecule has 1 aliphatic heterocycles. The first kappa shape index (κ1) is 16.0. The van der Waals surface area contributed by atoms with Gasteiger partial charge in [0.25, 0.3) is 11.9 Å². The Labute approximate surface area is 149 Å². The lowest BCUT2D eigenvalue weighted by molar-refractivity contribution is -0.119. The quantitative estimate of drug-likeness (QED) is 0.784. The highest BCUT2D eigenvalue weighted by Gasteiger charge is 2.36. The van der Waals surface area contributed by atoms with E-state index >= 15 is 0 Å². The van der Waals surface area contributed by atoms with Gasteiger partial charge in [-0.25, -0.2) is 0 Å². The Hall–Kier alpha value is -3.54. The maximum absolute atomic E-state index is 12.9. The Kier molecular flexibility index (Phi) is 3.93. The van der Waals surface area contributed by atoms with Crippen LogP contribution in [0.4, 0.5) is 5.69 Å². The lowest BCUT2D eigenvalue weighted by Crippen LogP contribution is -2.32. The number of hydrogen-bond donors (Lipinski definition) is 1. The normalized spacial score (nSPS) is 15.5. The summed E-state index contributed by atoms with van der Waals surface area (Å²) in [6.45, 7) is 0.198. The molecular formula is C20H16N2O4. The van der Waals surface area contributed by atoms with Crippen molar-refractivity contribution in [2.45, 2.75) is 5.92 Å². The first-order valence-corrected chi connectivity index (χ1v) is 8.16. The van der Waals surface area contributed by atoms with E-state index in [1.165, 1.54) is 4.90 Å². The third kappa shape index (κ3) is 2.82. The largest absolute Gasteiger partial charge is 0.426 e. The smallest absolute Gasteiger partial charge is 0.294 e. The van der Waals surface area contributed by atoms with Crippen LogP contribution in [-0.2, 0) is 4.79 Å². The number of carbonyl (C=O) groups excluding carboxylic acids is 2. The van der Waals surface area contributed by atoms with Crippen LogP contribution in [0.3, 0.4) is 0 Å². The number of amides is 2. The molecule has 0 spiro atoms. The van der Waals surface area contributed by atoms with Gasteiger partial charge in [0.2, 0.25) is 5.91 Å². The number of para-hydroxylation sites is 2. The Balaban J connectivity index is 1.58. The Morgan fingerprint density at radius 1 is 1.00 bits per heavy atom. The van der Waals surface area contributed by atoms with E-state index in [-0.39, 0.29) is 24.2 Å². The maximum atomic E-state index is 12.9. The first-order valence-electron chi connectivity index (χ1n) is 8.16. The molecule has 0 fully saturated rings. The van der Waals surface area contributed by atoms with Crippen molar-refractivity contribution in [1.82, 2.24) is 0 Å². The van der Waals surface area contributed by atoms with E-state index < -0.39 is 11.8 Å². The minimum Gasteiger partial charge on any atom is -0.426 e. The standard InChI is InChI=1S/C20H16N2O4/c21-19(23)15-12-22(16-9-5-4-8-14(15)16)20(24)17-10-11-18(26-17)25-13-6-2-1-3-7-13/h1-11,15H,12H2,(H2,21,23)/t15-/m1/s1. The average Bonchev–Trinajstić information content (AvgIpc) is 3.27. The van der Waals surface area contributed by atoms with Crippen LogP contribution in [0.1, 0.15) is 22.0 Å². The van der Waals surface area contributed by atoms with Crippen molar-refractivity contribution in [2.24, 2.45) is 5.73 Å². The molecule has 6 nitrogen and oxygen atoms in total. The Morgan fingerprint density at radius 3 is 2.50 bits per heavy atom. The molecule has 0 saturated heterocycles. The third-order valence-electron chi connectivity index (χ3n) is 4.31. The Bertz CT molecular complexity index is 965. The predicted molar refractivity (Wildman–Crippen MR) is 95.3 cm³/mol. The number of hydrogen-bond acceptors (Lipinski definition) is 4. The van der Waals surface area contributed by atoms with Gasteiger partial charge in [-0.3, -0.25) is 9.59 Å². The summed E-state index contributed by atoms with van der Waals surface area (Å²) in [7, 11) is 0. The maximum Gasteiger partial charge on any atom is 0.294 e. The van der Waals surface area contributed by atoms with Crippen LogP contribution in [0.5, 0.6) is 11.7 Å². The molecule has 2 heterocycles. The molecular weight excluding hydrogens is 332 g/mol. The van der Waals surface area contributed by atoms with Crippen molar-refractivity contribution >= 4 is 17.5 Å². The van der Waals surface area contributed by atoms with Gasteiger partial charge in [0.1, 0.15) is 5.75 Å². The monoisotopic (exact) mass is 348 g/mol. The van der Waals surface area contributed by atoms with Gasteiger partial charge in [0.15, 0.2) is 5.76 Å². The zero-order valence-electron chi connectivity index (χ0n) is 13.8. The van der Waals surface area contributed by atoms with E-state index in [2.05, 4.69) is 0 Å². The number of fused-ring (bicyclic) bond motifs is 1. The molecule has 26 heavy (non-hydrogen) atoms. The summed E-state index contributed by atoms with van der Waals surface area (Å²) in [4.78, 5) is 26.1. The number of rotatable bonds is 4. The highest BCUT2D eigenvalue weighted by atomic mass is 16.6. The van der Waals surface area contributed by atoms with E-state index in [0.717, 1.165) is 5.56 Å². The third-order valence-corrected chi connectivity index (χ3v) is 4.31. The molecule has 2 N–H and O–H groups in total. The van der Waals surface area contributed by atoms with Crippen molar-refractivity contribution in [2.75, 3.05) is 11.4 Å². The molecule has 2 aromatic carbocycles. The summed E-state index contributed by atoms with van der Waals surface area (Å²) in [5.74, 6) is -0.356. The van der Waals surface area contributed by atoms with Crippen molar-refractivity contribution in [3.05, 3.63) is 78.1 Å². The fourth-order valence-corrected chi connectivity index (χ4v) is 3.07. The van der Waals surface area contributed by atoms with Gasteiger partial charge in [-0.15, -0.1) is 0 Å². The van der Waals surface area contributed by atoms with Crippen LogP contribution in [0, 0.1) is 0 Å². The number of benzene rings is 2. The molecule has 6 heteroatoms. The molecule has 1 aliphatic rings. The van der Waals surface area contributed by atoms with E-state index in [1.807, 2.05) is 36.4 Å². The number of primary amides is 1. The van der Waals surface area contributed by atoms with Gasteiger partial charge >= 0.3 is 0 Å². The van der Waals surface area contributed by atoms with Gasteiger partial charge in [0, 0.05) is 18.3 Å². The predicted octanol–water partition coefficient (Wildman–Crippen LogP) is 3.30. The minimum atomic E-state index is -0.523. The summed E-state index contributed by atoms with van der Waals surface area (Å²) < 4.78 is 11.1. The number of carbonyl (C=O) groups is 2. The van der Waals surface area contributed by atoms with Gasteiger partial charge in [-0.1, -0.05) is 36.4 Å². The number of nitrogens with zero attached hydrogens (tertiary/aromatic N) is 1. The number of furan rings is 1. The highest BCUT2D eigenvalue weighted by Crippen LogP contribution is 2.37. The zero-order valence-corrected chi connectivity index (χ0v) is 13.8. The van der Waals surface area contributed by atoms with Crippen LogP contribution in [-0.4, -0.2) is 18.4 Å². The minimum absolute atomic E-state index is 0.135. The SMILES string of the molecule is NC(=O)[C@@H]1CN(C(=O)c2ccc(Oc3ccccc3)o2)c2ccccc21. The zero-order chi connectivity index (χ0) is 18.1. The molecule has 1 atom stereocenters. The molecule has 1 aromatic heterocycles. The van der Waals surface area contributed by atoms with Crippen LogP contribution < -0.4 is 15.4 Å². The summed E-state index contributed by atoms with van der Waals surface area (Å²) in [6.07, 6.45) is 0. The van der Waals surface area contributed by atoms with E-state index in [9.17, 15) is 9.59 Å². The molecule has 0 saturated carbocycles. The summed E-state index contributed by atoms with van der Waals surface area (Å²) >= 11 is 0. The molecule has 3 aromatic rings. The number of anilines is 1. The topological polar surface area (TPSA) is 85.8 Å². The van der Waals surface area contributed by atoms with E-state index in [0.29, 0.717) is 11.4 Å². The van der Waals surface area contributed by atoms with Crippen molar-refractivity contribution < 1.29 is 18.7 Å². The van der Waals surface area contributed by atoms with E-state index in [1.54, 1.807) is 30.3 Å². The van der Waals surface area contributed by atoms with Crippen molar-refractivity contribution in [3.8, 4) is 11.7 Å². The van der Waals surface area contributed by atoms with Crippen molar-refractivity contribution in [3.63, 3.8) is 0 Å². The van der Waals surface area contributed by atoms with Crippen LogP contribution in [0.2, 0.25) is 0 Å².